The van der Waals surface area contributed by atoms with Crippen molar-refractivity contribution in [1.29, 1.82) is 0 Å². The maximum absolute atomic E-state index is 13.2. The second-order valence-corrected chi connectivity index (χ2v) is 5.64. The SMILES string of the molecule is COCCCn1cnnc1SCC(O)c1ccc(F)c(F)c1. The Hall–Kier alpha value is -1.51. The summed E-state index contributed by atoms with van der Waals surface area (Å²) in [4.78, 5) is 0. The fourth-order valence-electron chi connectivity index (χ4n) is 1.86. The first kappa shape index (κ1) is 16.9. The van der Waals surface area contributed by atoms with Gasteiger partial charge in [0.2, 0.25) is 0 Å². The van der Waals surface area contributed by atoms with Gasteiger partial charge in [0.1, 0.15) is 6.33 Å². The molecule has 1 heterocycles. The highest BCUT2D eigenvalue weighted by Gasteiger charge is 2.13. The van der Waals surface area contributed by atoms with E-state index in [4.69, 9.17) is 4.74 Å². The van der Waals surface area contributed by atoms with Crippen LogP contribution in [0.3, 0.4) is 0 Å². The van der Waals surface area contributed by atoms with Gasteiger partial charge in [-0.05, 0) is 24.1 Å². The van der Waals surface area contributed by atoms with Gasteiger partial charge in [-0.15, -0.1) is 10.2 Å². The minimum absolute atomic E-state index is 0.272. The first-order valence-corrected chi connectivity index (χ1v) is 7.73. The summed E-state index contributed by atoms with van der Waals surface area (Å²) in [6.07, 6.45) is 1.53. The van der Waals surface area contributed by atoms with Gasteiger partial charge in [-0.2, -0.15) is 0 Å². The monoisotopic (exact) mass is 329 g/mol. The molecule has 0 saturated heterocycles. The predicted molar refractivity (Wildman–Crippen MR) is 78.6 cm³/mol. The van der Waals surface area contributed by atoms with E-state index >= 15 is 0 Å². The number of ether oxygens (including phenoxy) is 1. The summed E-state index contributed by atoms with van der Waals surface area (Å²) in [5.74, 6) is -1.63. The molecule has 0 radical (unpaired) electrons. The van der Waals surface area contributed by atoms with Gasteiger partial charge in [0.05, 0.1) is 6.10 Å². The molecule has 8 heteroatoms. The zero-order chi connectivity index (χ0) is 15.9. The highest BCUT2D eigenvalue weighted by atomic mass is 32.2. The van der Waals surface area contributed by atoms with Crippen LogP contribution in [-0.4, -0.2) is 39.3 Å². The van der Waals surface area contributed by atoms with E-state index in [0.29, 0.717) is 23.9 Å². The van der Waals surface area contributed by atoms with Crippen LogP contribution in [0, 0.1) is 11.6 Å². The van der Waals surface area contributed by atoms with Gasteiger partial charge in [-0.25, -0.2) is 8.78 Å². The van der Waals surface area contributed by atoms with Crippen molar-refractivity contribution in [3.05, 3.63) is 41.7 Å². The second-order valence-electron chi connectivity index (χ2n) is 4.65. The average molecular weight is 329 g/mol. The minimum atomic E-state index is -0.968. The summed E-state index contributed by atoms with van der Waals surface area (Å²) in [7, 11) is 1.64. The third-order valence-corrected chi connectivity index (χ3v) is 4.08. The Morgan fingerprint density at radius 1 is 1.36 bits per heavy atom. The van der Waals surface area contributed by atoms with Gasteiger partial charge >= 0.3 is 0 Å². The molecule has 0 bridgehead atoms. The van der Waals surface area contributed by atoms with Crippen LogP contribution in [0.15, 0.2) is 29.7 Å². The summed E-state index contributed by atoms with van der Waals surface area (Å²) in [6, 6.07) is 3.38. The molecule has 1 N–H and O–H groups in total. The van der Waals surface area contributed by atoms with E-state index in [2.05, 4.69) is 10.2 Å². The van der Waals surface area contributed by atoms with Crippen molar-refractivity contribution in [2.45, 2.75) is 24.2 Å². The van der Waals surface area contributed by atoms with Crippen molar-refractivity contribution >= 4 is 11.8 Å². The quantitative estimate of drug-likeness (QED) is 0.595. The van der Waals surface area contributed by atoms with Crippen LogP contribution in [0.4, 0.5) is 8.78 Å². The van der Waals surface area contributed by atoms with Gasteiger partial charge < -0.3 is 14.4 Å². The van der Waals surface area contributed by atoms with Gasteiger partial charge in [-0.3, -0.25) is 0 Å². The van der Waals surface area contributed by atoms with Crippen molar-refractivity contribution in [2.75, 3.05) is 19.5 Å². The van der Waals surface area contributed by atoms with Gasteiger partial charge in [0.25, 0.3) is 0 Å². The number of aryl methyl sites for hydroxylation is 1. The van der Waals surface area contributed by atoms with Crippen LogP contribution < -0.4 is 0 Å². The molecule has 120 valence electrons. The Morgan fingerprint density at radius 2 is 2.18 bits per heavy atom. The fourth-order valence-corrected chi connectivity index (χ4v) is 2.77. The van der Waals surface area contributed by atoms with Gasteiger partial charge in [0.15, 0.2) is 16.8 Å². The van der Waals surface area contributed by atoms with Crippen LogP contribution in [0.2, 0.25) is 0 Å². The molecule has 0 spiro atoms. The summed E-state index contributed by atoms with van der Waals surface area (Å²) >= 11 is 1.31. The summed E-state index contributed by atoms with van der Waals surface area (Å²) in [6.45, 7) is 1.35. The first-order chi connectivity index (χ1) is 10.6. The van der Waals surface area contributed by atoms with Gasteiger partial charge in [0, 0.05) is 26.0 Å². The number of hydrogen-bond donors (Lipinski definition) is 1. The van der Waals surface area contributed by atoms with E-state index in [-0.39, 0.29) is 5.75 Å². The summed E-state index contributed by atoms with van der Waals surface area (Å²) in [5.41, 5.74) is 0.330. The standard InChI is InChI=1S/C14H17F2N3O2S/c1-21-6-2-5-19-9-17-18-14(19)22-8-13(20)10-3-4-11(15)12(16)7-10/h3-4,7,9,13,20H,2,5-6,8H2,1H3. The molecular weight excluding hydrogens is 312 g/mol. The zero-order valence-electron chi connectivity index (χ0n) is 12.1. The number of hydrogen-bond acceptors (Lipinski definition) is 5. The Balaban J connectivity index is 1.92. The summed E-state index contributed by atoms with van der Waals surface area (Å²) in [5, 5.41) is 18.5. The molecule has 0 aliphatic rings. The number of methoxy groups -OCH3 is 1. The van der Waals surface area contributed by atoms with E-state index in [1.807, 2.05) is 4.57 Å². The van der Waals surface area contributed by atoms with Crippen molar-refractivity contribution in [2.24, 2.45) is 0 Å². The van der Waals surface area contributed by atoms with E-state index in [1.165, 1.54) is 17.8 Å². The van der Waals surface area contributed by atoms with E-state index in [9.17, 15) is 13.9 Å². The number of benzene rings is 1. The van der Waals surface area contributed by atoms with E-state index in [0.717, 1.165) is 18.6 Å². The number of halogens is 2. The number of nitrogens with zero attached hydrogens (tertiary/aromatic N) is 3. The van der Waals surface area contributed by atoms with Crippen LogP contribution in [0.5, 0.6) is 0 Å². The molecule has 0 saturated carbocycles. The lowest BCUT2D eigenvalue weighted by Gasteiger charge is -2.11. The van der Waals surface area contributed by atoms with Crippen molar-refractivity contribution in [3.63, 3.8) is 0 Å². The summed E-state index contributed by atoms with van der Waals surface area (Å²) < 4.78 is 32.9. The molecule has 0 aliphatic carbocycles. The Morgan fingerprint density at radius 3 is 2.91 bits per heavy atom. The molecule has 2 rings (SSSR count). The first-order valence-electron chi connectivity index (χ1n) is 6.74. The number of aliphatic hydroxyl groups is 1. The molecule has 1 aromatic heterocycles. The topological polar surface area (TPSA) is 60.2 Å². The Kier molecular flexibility index (Phi) is 6.29. The normalized spacial score (nSPS) is 12.5. The third-order valence-electron chi connectivity index (χ3n) is 3.03. The van der Waals surface area contributed by atoms with E-state index in [1.54, 1.807) is 13.4 Å². The van der Waals surface area contributed by atoms with Crippen LogP contribution in [0.25, 0.3) is 0 Å². The molecule has 2 aromatic rings. The van der Waals surface area contributed by atoms with Crippen LogP contribution in [-0.2, 0) is 11.3 Å². The van der Waals surface area contributed by atoms with E-state index < -0.39 is 17.7 Å². The largest absolute Gasteiger partial charge is 0.388 e. The lowest BCUT2D eigenvalue weighted by atomic mass is 10.1. The fraction of sp³-hybridized carbons (Fsp3) is 0.429. The molecule has 0 amide bonds. The van der Waals surface area contributed by atoms with Crippen LogP contribution >= 0.6 is 11.8 Å². The number of aliphatic hydroxyl groups excluding tert-OH is 1. The Bertz CT molecular complexity index is 610. The maximum atomic E-state index is 13.2. The number of rotatable bonds is 8. The molecule has 22 heavy (non-hydrogen) atoms. The average Bonchev–Trinajstić information content (AvgIpc) is 2.95. The molecule has 0 aliphatic heterocycles. The smallest absolute Gasteiger partial charge is 0.191 e. The predicted octanol–water partition coefficient (Wildman–Crippen LogP) is 2.42. The lowest BCUT2D eigenvalue weighted by Crippen LogP contribution is -2.05. The Labute approximate surface area is 131 Å². The molecule has 1 aromatic carbocycles. The molecule has 1 atom stereocenters. The maximum Gasteiger partial charge on any atom is 0.191 e. The lowest BCUT2D eigenvalue weighted by molar-refractivity contribution is 0.189. The highest BCUT2D eigenvalue weighted by Crippen LogP contribution is 2.24. The van der Waals surface area contributed by atoms with Crippen molar-refractivity contribution in [3.8, 4) is 0 Å². The molecule has 5 nitrogen and oxygen atoms in total. The minimum Gasteiger partial charge on any atom is -0.388 e. The second kappa shape index (κ2) is 8.21. The van der Waals surface area contributed by atoms with Crippen LogP contribution in [0.1, 0.15) is 18.1 Å². The zero-order valence-corrected chi connectivity index (χ0v) is 12.9. The molecular formula is C14H17F2N3O2S. The van der Waals surface area contributed by atoms with Crippen molar-refractivity contribution < 1.29 is 18.6 Å². The highest BCUT2D eigenvalue weighted by molar-refractivity contribution is 7.99. The van der Waals surface area contributed by atoms with Gasteiger partial charge in [-0.1, -0.05) is 17.8 Å². The third kappa shape index (κ3) is 4.49. The molecule has 1 unspecified atom stereocenters. The number of aromatic nitrogens is 3. The molecule has 0 fully saturated rings. The number of thioether (sulfide) groups is 1. The van der Waals surface area contributed by atoms with Crippen molar-refractivity contribution in [1.82, 2.24) is 14.8 Å².